The Morgan fingerprint density at radius 3 is 2.65 bits per heavy atom. The normalized spacial score (nSPS) is 14.2. The number of nitrogens with zero attached hydrogens (tertiary/aromatic N) is 2. The summed E-state index contributed by atoms with van der Waals surface area (Å²) in [7, 11) is 0. The molecule has 0 spiro atoms. The molecule has 0 saturated carbocycles. The summed E-state index contributed by atoms with van der Waals surface area (Å²) < 4.78 is 15.2. The van der Waals surface area contributed by atoms with E-state index in [0.29, 0.717) is 16.9 Å². The minimum absolute atomic E-state index is 0.0849. The maximum atomic E-state index is 14.4. The van der Waals surface area contributed by atoms with Crippen molar-refractivity contribution in [1.29, 1.82) is 5.26 Å². The van der Waals surface area contributed by atoms with Gasteiger partial charge in [0, 0.05) is 23.2 Å². The van der Waals surface area contributed by atoms with Gasteiger partial charge in [-0.1, -0.05) is 28.1 Å². The van der Waals surface area contributed by atoms with Crippen LogP contribution in [0.3, 0.4) is 0 Å². The smallest absolute Gasteiger partial charge is 0.266 e. The van der Waals surface area contributed by atoms with E-state index in [-0.39, 0.29) is 11.4 Å². The molecule has 0 atom stereocenters. The molecule has 4 nitrogen and oxygen atoms in total. The molecule has 0 aliphatic carbocycles. The number of nitrogens with one attached hydrogen (secondary N) is 1. The third-order valence-electron chi connectivity index (χ3n) is 4.18. The molecule has 1 aliphatic rings. The van der Waals surface area contributed by atoms with Crippen LogP contribution in [0.1, 0.15) is 18.4 Å². The fourth-order valence-corrected chi connectivity index (χ4v) is 3.31. The standard InChI is InChI=1S/C20H17BrFN3O/c21-16-4-3-5-17(12-16)24-20(26)15(13-23)10-14-6-7-19(18(22)11-14)25-8-1-2-9-25/h3-7,10-12H,1-2,8-9H2,(H,24,26)/b15-10-. The lowest BCUT2D eigenvalue weighted by molar-refractivity contribution is -0.112. The Bertz CT molecular complexity index is 898. The van der Waals surface area contributed by atoms with Crippen LogP contribution in [0.4, 0.5) is 15.8 Å². The summed E-state index contributed by atoms with van der Waals surface area (Å²) in [6, 6.07) is 13.7. The number of rotatable bonds is 4. The minimum Gasteiger partial charge on any atom is -0.369 e. The number of nitriles is 1. The van der Waals surface area contributed by atoms with E-state index in [2.05, 4.69) is 21.2 Å². The van der Waals surface area contributed by atoms with Gasteiger partial charge in [-0.3, -0.25) is 4.79 Å². The number of hydrogen-bond donors (Lipinski definition) is 1. The van der Waals surface area contributed by atoms with Crippen LogP contribution in [-0.4, -0.2) is 19.0 Å². The molecule has 2 aromatic carbocycles. The van der Waals surface area contributed by atoms with Crippen LogP contribution in [0.25, 0.3) is 6.08 Å². The number of amides is 1. The minimum atomic E-state index is -0.533. The second-order valence-electron chi connectivity index (χ2n) is 6.04. The van der Waals surface area contributed by atoms with Gasteiger partial charge in [0.15, 0.2) is 0 Å². The summed E-state index contributed by atoms with van der Waals surface area (Å²) in [6.45, 7) is 1.70. The van der Waals surface area contributed by atoms with Crippen LogP contribution in [0.15, 0.2) is 52.5 Å². The maximum absolute atomic E-state index is 14.4. The fraction of sp³-hybridized carbons (Fsp3) is 0.200. The van der Waals surface area contributed by atoms with E-state index in [1.54, 1.807) is 30.3 Å². The zero-order valence-electron chi connectivity index (χ0n) is 14.0. The van der Waals surface area contributed by atoms with Gasteiger partial charge in [-0.05, 0) is 54.8 Å². The third kappa shape index (κ3) is 4.30. The number of halogens is 2. The first-order chi connectivity index (χ1) is 12.6. The lowest BCUT2D eigenvalue weighted by atomic mass is 10.1. The summed E-state index contributed by atoms with van der Waals surface area (Å²) in [4.78, 5) is 14.3. The van der Waals surface area contributed by atoms with E-state index in [9.17, 15) is 14.4 Å². The van der Waals surface area contributed by atoms with Crippen LogP contribution in [0.5, 0.6) is 0 Å². The quantitative estimate of drug-likeness (QED) is 0.581. The highest BCUT2D eigenvalue weighted by Crippen LogP contribution is 2.25. The average molecular weight is 414 g/mol. The van der Waals surface area contributed by atoms with Gasteiger partial charge in [0.25, 0.3) is 5.91 Å². The van der Waals surface area contributed by atoms with E-state index < -0.39 is 5.91 Å². The summed E-state index contributed by atoms with van der Waals surface area (Å²) in [5, 5.41) is 12.0. The Morgan fingerprint density at radius 1 is 1.23 bits per heavy atom. The molecule has 6 heteroatoms. The van der Waals surface area contributed by atoms with Crippen molar-refractivity contribution in [3.05, 3.63) is 63.9 Å². The molecule has 1 saturated heterocycles. The van der Waals surface area contributed by atoms with Gasteiger partial charge in [0.1, 0.15) is 17.5 Å². The molecule has 1 fully saturated rings. The predicted octanol–water partition coefficient (Wildman–Crippen LogP) is 4.73. The summed E-state index contributed by atoms with van der Waals surface area (Å²) >= 11 is 3.33. The van der Waals surface area contributed by atoms with Crippen LogP contribution in [0, 0.1) is 17.1 Å². The molecule has 132 valence electrons. The summed E-state index contributed by atoms with van der Waals surface area (Å²) in [5.41, 5.74) is 1.53. The predicted molar refractivity (Wildman–Crippen MR) is 104 cm³/mol. The van der Waals surface area contributed by atoms with Crippen molar-refractivity contribution < 1.29 is 9.18 Å². The van der Waals surface area contributed by atoms with Gasteiger partial charge in [0.05, 0.1) is 5.69 Å². The molecule has 1 amide bonds. The largest absolute Gasteiger partial charge is 0.369 e. The molecule has 2 aromatic rings. The lowest BCUT2D eigenvalue weighted by Crippen LogP contribution is -2.18. The lowest BCUT2D eigenvalue weighted by Gasteiger charge is -2.18. The molecule has 26 heavy (non-hydrogen) atoms. The summed E-state index contributed by atoms with van der Waals surface area (Å²) in [5.74, 6) is -0.875. The highest BCUT2D eigenvalue weighted by molar-refractivity contribution is 9.10. The molecular formula is C20H17BrFN3O. The number of anilines is 2. The SMILES string of the molecule is N#C/C(=C/c1ccc(N2CCCC2)c(F)c1)C(=O)Nc1cccc(Br)c1. The highest BCUT2D eigenvalue weighted by Gasteiger charge is 2.16. The second kappa shape index (κ2) is 8.15. The monoisotopic (exact) mass is 413 g/mol. The second-order valence-corrected chi connectivity index (χ2v) is 6.95. The highest BCUT2D eigenvalue weighted by atomic mass is 79.9. The Morgan fingerprint density at radius 2 is 2.00 bits per heavy atom. The zero-order chi connectivity index (χ0) is 18.5. The first-order valence-electron chi connectivity index (χ1n) is 8.30. The van der Waals surface area contributed by atoms with Crippen molar-refractivity contribution in [3.63, 3.8) is 0 Å². The van der Waals surface area contributed by atoms with E-state index in [1.165, 1.54) is 12.1 Å². The van der Waals surface area contributed by atoms with E-state index in [1.807, 2.05) is 17.0 Å². The Balaban J connectivity index is 1.79. The molecule has 1 aliphatic heterocycles. The third-order valence-corrected chi connectivity index (χ3v) is 4.67. The van der Waals surface area contributed by atoms with E-state index in [0.717, 1.165) is 30.4 Å². The van der Waals surface area contributed by atoms with Crippen LogP contribution >= 0.6 is 15.9 Å². The van der Waals surface area contributed by atoms with Gasteiger partial charge in [-0.25, -0.2) is 4.39 Å². The average Bonchev–Trinajstić information content (AvgIpc) is 3.14. The van der Waals surface area contributed by atoms with Crippen LogP contribution < -0.4 is 10.2 Å². The van der Waals surface area contributed by atoms with Crippen molar-refractivity contribution in [1.82, 2.24) is 0 Å². The Hall–Kier alpha value is -2.65. The van der Waals surface area contributed by atoms with Crippen LogP contribution in [0.2, 0.25) is 0 Å². The molecule has 3 rings (SSSR count). The molecular weight excluding hydrogens is 397 g/mol. The molecule has 0 aromatic heterocycles. The molecule has 0 bridgehead atoms. The van der Waals surface area contributed by atoms with Crippen molar-refractivity contribution in [2.45, 2.75) is 12.8 Å². The van der Waals surface area contributed by atoms with Gasteiger partial charge in [-0.15, -0.1) is 0 Å². The Labute approximate surface area is 160 Å². The van der Waals surface area contributed by atoms with Gasteiger partial charge in [0.2, 0.25) is 0 Å². The van der Waals surface area contributed by atoms with Gasteiger partial charge in [-0.2, -0.15) is 5.26 Å². The van der Waals surface area contributed by atoms with Gasteiger partial charge < -0.3 is 10.2 Å². The number of carbonyl (C=O) groups is 1. The number of hydrogen-bond acceptors (Lipinski definition) is 3. The fourth-order valence-electron chi connectivity index (χ4n) is 2.91. The molecule has 1 heterocycles. The molecule has 1 N–H and O–H groups in total. The van der Waals surface area contributed by atoms with Crippen LogP contribution in [-0.2, 0) is 4.79 Å². The summed E-state index contributed by atoms with van der Waals surface area (Å²) in [6.07, 6.45) is 3.52. The van der Waals surface area contributed by atoms with Crippen molar-refractivity contribution in [2.24, 2.45) is 0 Å². The topological polar surface area (TPSA) is 56.1 Å². The van der Waals surface area contributed by atoms with Crippen molar-refractivity contribution in [2.75, 3.05) is 23.3 Å². The van der Waals surface area contributed by atoms with E-state index >= 15 is 0 Å². The van der Waals surface area contributed by atoms with Crippen molar-refractivity contribution in [3.8, 4) is 6.07 Å². The molecule has 0 unspecified atom stereocenters. The zero-order valence-corrected chi connectivity index (χ0v) is 15.6. The first kappa shape index (κ1) is 18.2. The maximum Gasteiger partial charge on any atom is 0.266 e. The Kier molecular flexibility index (Phi) is 5.69. The number of carbonyl (C=O) groups excluding carboxylic acids is 1. The van der Waals surface area contributed by atoms with Gasteiger partial charge >= 0.3 is 0 Å². The first-order valence-corrected chi connectivity index (χ1v) is 9.09. The van der Waals surface area contributed by atoms with E-state index in [4.69, 9.17) is 0 Å². The number of benzene rings is 2. The van der Waals surface area contributed by atoms with Crippen molar-refractivity contribution >= 4 is 39.3 Å². The molecule has 0 radical (unpaired) electrons.